The number of fused-ring (bicyclic) bond motifs is 1. The fourth-order valence-electron chi connectivity index (χ4n) is 1.99. The van der Waals surface area contributed by atoms with E-state index in [9.17, 15) is 4.79 Å². The summed E-state index contributed by atoms with van der Waals surface area (Å²) in [5.74, 6) is 1.90. The van der Waals surface area contributed by atoms with E-state index in [2.05, 4.69) is 18.8 Å². The Kier molecular flexibility index (Phi) is 4.48. The first-order chi connectivity index (χ1) is 8.70. The van der Waals surface area contributed by atoms with Gasteiger partial charge in [-0.05, 0) is 35.9 Å². The Bertz CT molecular complexity index is 468. The Morgan fingerprint density at radius 3 is 3.11 bits per heavy atom. The minimum absolute atomic E-state index is 0.233. The third-order valence-electron chi connectivity index (χ3n) is 3.02. The van der Waals surface area contributed by atoms with Crippen molar-refractivity contribution in [1.82, 2.24) is 0 Å². The van der Waals surface area contributed by atoms with Gasteiger partial charge in [0.15, 0.2) is 5.78 Å². The van der Waals surface area contributed by atoms with Crippen LogP contribution in [0.2, 0.25) is 0 Å². The molecule has 1 aliphatic rings. The fraction of sp³-hybridized carbons (Fsp3) is 0.400. The lowest BCUT2D eigenvalue weighted by Crippen LogP contribution is -2.03. The van der Waals surface area contributed by atoms with Gasteiger partial charge in [-0.25, -0.2) is 0 Å². The van der Waals surface area contributed by atoms with E-state index in [-0.39, 0.29) is 5.78 Å². The van der Waals surface area contributed by atoms with Crippen LogP contribution in [-0.2, 0) is 6.42 Å². The summed E-state index contributed by atoms with van der Waals surface area (Å²) in [6.45, 7) is 6.08. The molecule has 1 N–H and O–H groups in total. The number of allylic oxidation sites excluding steroid dienone is 1. The standard InChI is InChI=1S/C15H19NOS/c1-3-4-7-18-10-15(17)12-5-6-14-13(9-12)8-11(2)16-14/h5-6,9,16H,2-4,7-8,10H2,1H3. The van der Waals surface area contributed by atoms with E-state index in [1.54, 1.807) is 11.8 Å². The van der Waals surface area contributed by atoms with Gasteiger partial charge in [-0.2, -0.15) is 11.8 Å². The van der Waals surface area contributed by atoms with E-state index in [0.29, 0.717) is 5.75 Å². The predicted molar refractivity (Wildman–Crippen MR) is 79.5 cm³/mol. The summed E-state index contributed by atoms with van der Waals surface area (Å²) in [4.78, 5) is 12.0. The monoisotopic (exact) mass is 261 g/mol. The zero-order valence-corrected chi connectivity index (χ0v) is 11.6. The second-order valence-corrected chi connectivity index (χ2v) is 5.71. The third-order valence-corrected chi connectivity index (χ3v) is 4.06. The van der Waals surface area contributed by atoms with E-state index >= 15 is 0 Å². The molecule has 1 aromatic rings. The van der Waals surface area contributed by atoms with Gasteiger partial charge in [0.1, 0.15) is 0 Å². The number of anilines is 1. The van der Waals surface area contributed by atoms with E-state index in [4.69, 9.17) is 0 Å². The lowest BCUT2D eigenvalue weighted by molar-refractivity contribution is 0.102. The molecule has 0 aliphatic carbocycles. The number of hydrogen-bond acceptors (Lipinski definition) is 3. The van der Waals surface area contributed by atoms with Gasteiger partial charge in [-0.1, -0.05) is 19.9 Å². The highest BCUT2D eigenvalue weighted by Crippen LogP contribution is 2.28. The van der Waals surface area contributed by atoms with Gasteiger partial charge >= 0.3 is 0 Å². The van der Waals surface area contributed by atoms with Crippen LogP contribution in [0.25, 0.3) is 0 Å². The van der Waals surface area contributed by atoms with Crippen LogP contribution in [0.4, 0.5) is 5.69 Å². The Hall–Kier alpha value is -1.22. The van der Waals surface area contributed by atoms with Gasteiger partial charge in [0, 0.05) is 23.4 Å². The molecule has 96 valence electrons. The second kappa shape index (κ2) is 6.10. The molecule has 0 bridgehead atoms. The largest absolute Gasteiger partial charge is 0.359 e. The summed E-state index contributed by atoms with van der Waals surface area (Å²) in [5.41, 5.74) is 4.11. The summed E-state index contributed by atoms with van der Waals surface area (Å²) >= 11 is 1.73. The lowest BCUT2D eigenvalue weighted by Gasteiger charge is -2.04. The molecule has 0 spiro atoms. The lowest BCUT2D eigenvalue weighted by atomic mass is 10.1. The average molecular weight is 261 g/mol. The summed E-state index contributed by atoms with van der Waals surface area (Å²) < 4.78 is 0. The maximum Gasteiger partial charge on any atom is 0.172 e. The maximum atomic E-state index is 12.0. The van der Waals surface area contributed by atoms with Gasteiger partial charge in [0.25, 0.3) is 0 Å². The van der Waals surface area contributed by atoms with Gasteiger partial charge in [-0.15, -0.1) is 0 Å². The number of hydrogen-bond donors (Lipinski definition) is 1. The number of Topliss-reactive ketones (excluding diaryl/α,β-unsaturated/α-hetero) is 1. The van der Waals surface area contributed by atoms with E-state index in [0.717, 1.165) is 29.1 Å². The molecule has 1 heterocycles. The van der Waals surface area contributed by atoms with Crippen molar-refractivity contribution in [3.05, 3.63) is 41.6 Å². The Labute approximate surface area is 113 Å². The molecule has 1 aliphatic heterocycles. The van der Waals surface area contributed by atoms with Crippen molar-refractivity contribution in [2.45, 2.75) is 26.2 Å². The molecule has 0 aromatic heterocycles. The second-order valence-electron chi connectivity index (χ2n) is 4.61. The van der Waals surface area contributed by atoms with Crippen molar-refractivity contribution < 1.29 is 4.79 Å². The van der Waals surface area contributed by atoms with E-state index in [1.165, 1.54) is 18.4 Å². The quantitative estimate of drug-likeness (QED) is 0.622. The Morgan fingerprint density at radius 1 is 1.50 bits per heavy atom. The average Bonchev–Trinajstić information content (AvgIpc) is 2.73. The van der Waals surface area contributed by atoms with Gasteiger partial charge in [-0.3, -0.25) is 4.79 Å². The van der Waals surface area contributed by atoms with Crippen molar-refractivity contribution in [1.29, 1.82) is 0 Å². The number of thioether (sulfide) groups is 1. The number of unbranched alkanes of at least 4 members (excludes halogenated alkanes) is 1. The maximum absolute atomic E-state index is 12.0. The molecule has 0 fully saturated rings. The van der Waals surface area contributed by atoms with Crippen LogP contribution < -0.4 is 5.32 Å². The Morgan fingerprint density at radius 2 is 2.33 bits per heavy atom. The predicted octanol–water partition coefficient (Wildman–Crippen LogP) is 3.88. The summed E-state index contributed by atoms with van der Waals surface area (Å²) in [6, 6.07) is 5.90. The molecule has 2 nitrogen and oxygen atoms in total. The number of rotatable bonds is 6. The summed E-state index contributed by atoms with van der Waals surface area (Å²) in [6.07, 6.45) is 3.21. The van der Waals surface area contributed by atoms with Crippen molar-refractivity contribution >= 4 is 23.2 Å². The first kappa shape index (κ1) is 13.2. The van der Waals surface area contributed by atoms with E-state index < -0.39 is 0 Å². The molecule has 0 saturated heterocycles. The molecule has 0 radical (unpaired) electrons. The SMILES string of the molecule is C=C1Cc2cc(C(=O)CSCCCC)ccc2N1. The first-order valence-electron chi connectivity index (χ1n) is 6.39. The van der Waals surface area contributed by atoms with Crippen molar-refractivity contribution in [2.75, 3.05) is 16.8 Å². The minimum atomic E-state index is 0.233. The molecule has 0 saturated carbocycles. The molecular formula is C15H19NOS. The number of carbonyl (C=O) groups excluding carboxylic acids is 1. The van der Waals surface area contributed by atoms with Crippen LogP contribution in [0.1, 0.15) is 35.7 Å². The molecule has 18 heavy (non-hydrogen) atoms. The zero-order valence-electron chi connectivity index (χ0n) is 10.8. The topological polar surface area (TPSA) is 29.1 Å². The highest BCUT2D eigenvalue weighted by Gasteiger charge is 2.15. The fourth-order valence-corrected chi connectivity index (χ4v) is 2.98. The molecular weight excluding hydrogens is 242 g/mol. The molecule has 0 atom stereocenters. The van der Waals surface area contributed by atoms with Crippen LogP contribution in [0, 0.1) is 0 Å². The normalized spacial score (nSPS) is 13.3. The van der Waals surface area contributed by atoms with Gasteiger partial charge < -0.3 is 5.32 Å². The molecule has 0 amide bonds. The number of carbonyl (C=O) groups is 1. The van der Waals surface area contributed by atoms with Gasteiger partial charge in [0.05, 0.1) is 5.75 Å². The van der Waals surface area contributed by atoms with Crippen LogP contribution in [0.5, 0.6) is 0 Å². The first-order valence-corrected chi connectivity index (χ1v) is 7.55. The number of nitrogens with one attached hydrogen (secondary N) is 1. The van der Waals surface area contributed by atoms with Gasteiger partial charge in [0.2, 0.25) is 0 Å². The number of ketones is 1. The van der Waals surface area contributed by atoms with Crippen LogP contribution in [0.3, 0.4) is 0 Å². The Balaban J connectivity index is 1.95. The van der Waals surface area contributed by atoms with Crippen LogP contribution >= 0.6 is 11.8 Å². The van der Waals surface area contributed by atoms with E-state index in [1.807, 2.05) is 18.2 Å². The van der Waals surface area contributed by atoms with Crippen molar-refractivity contribution in [2.24, 2.45) is 0 Å². The highest BCUT2D eigenvalue weighted by atomic mass is 32.2. The highest BCUT2D eigenvalue weighted by molar-refractivity contribution is 7.99. The third kappa shape index (κ3) is 3.16. The van der Waals surface area contributed by atoms with Crippen molar-refractivity contribution in [3.63, 3.8) is 0 Å². The minimum Gasteiger partial charge on any atom is -0.359 e. The molecule has 3 heteroatoms. The summed E-state index contributed by atoms with van der Waals surface area (Å²) in [7, 11) is 0. The van der Waals surface area contributed by atoms with Crippen molar-refractivity contribution in [3.8, 4) is 0 Å². The molecule has 0 unspecified atom stereocenters. The summed E-state index contributed by atoms with van der Waals surface area (Å²) in [5, 5.41) is 3.21. The molecule has 1 aromatic carbocycles. The van der Waals surface area contributed by atoms with Crippen LogP contribution in [-0.4, -0.2) is 17.3 Å². The number of benzene rings is 1. The zero-order chi connectivity index (χ0) is 13.0. The molecule has 2 rings (SSSR count). The van der Waals surface area contributed by atoms with Crippen LogP contribution in [0.15, 0.2) is 30.5 Å². The smallest absolute Gasteiger partial charge is 0.172 e.